The summed E-state index contributed by atoms with van der Waals surface area (Å²) in [5, 5.41) is 0. The number of ether oxygens (including phenoxy) is 10. The van der Waals surface area contributed by atoms with Gasteiger partial charge in [0.2, 0.25) is 0 Å². The average Bonchev–Trinajstić information content (AvgIpc) is 1.63. The van der Waals surface area contributed by atoms with Gasteiger partial charge < -0.3 is 148 Å². The van der Waals surface area contributed by atoms with Crippen LogP contribution in [0, 0.1) is 11.8 Å². The fourth-order valence-corrected chi connectivity index (χ4v) is 14.9. The zero-order chi connectivity index (χ0) is 74.9. The summed E-state index contributed by atoms with van der Waals surface area (Å²) in [7, 11) is -24.0. The molecule has 0 aromatic heterocycles. The van der Waals surface area contributed by atoms with E-state index in [0.717, 1.165) is 103 Å². The van der Waals surface area contributed by atoms with E-state index < -0.39 is 61.6 Å². The zero-order valence-electron chi connectivity index (χ0n) is 65.6. The Kier molecular flexibility index (Phi) is 18.4. The molecule has 0 aromatic carbocycles. The van der Waals surface area contributed by atoms with Crippen molar-refractivity contribution in [2.24, 2.45) is 11.8 Å². The summed E-state index contributed by atoms with van der Waals surface area (Å²) in [6, 6.07) is 0.904. The normalized spacial score (nSPS) is 37.2. The van der Waals surface area contributed by atoms with Gasteiger partial charge in [-0.15, -0.1) is 0 Å². The molecule has 15 unspecified atom stereocenters. The van der Waals surface area contributed by atoms with Crippen molar-refractivity contribution in [2.75, 3.05) is 58.7 Å². The number of fused-ring (bicyclic) bond motifs is 4. The Hall–Kier alpha value is 0.278. The highest BCUT2D eigenvalue weighted by Gasteiger charge is 2.57. The molecule has 0 amide bonds. The molecule has 11 fully saturated rings. The summed E-state index contributed by atoms with van der Waals surface area (Å²) < 4.78 is 193. The van der Waals surface area contributed by atoms with Gasteiger partial charge in [0.15, 0.2) is 30.1 Å². The second-order valence-electron chi connectivity index (χ2n) is 22.2. The van der Waals surface area contributed by atoms with Gasteiger partial charge in [0.1, 0.15) is 24.7 Å². The summed E-state index contributed by atoms with van der Waals surface area (Å²) in [6.07, 6.45) is 16.9. The third-order valence-electron chi connectivity index (χ3n) is 14.7. The van der Waals surface area contributed by atoms with Crippen molar-refractivity contribution in [3.8, 4) is 0 Å². The van der Waals surface area contributed by atoms with Crippen LogP contribution in [0.2, 0.25) is 29.2 Å². The molecule has 0 spiro atoms. The van der Waals surface area contributed by atoms with Crippen molar-refractivity contribution < 1.29 is 148 Å². The van der Waals surface area contributed by atoms with Crippen LogP contribution >= 0.6 is 0 Å². The van der Waals surface area contributed by atoms with Crippen molar-refractivity contribution in [3.63, 3.8) is 0 Å². The largest absolute Gasteiger partial charge is 0.519 e. The molecule has 4 saturated carbocycles. The third-order valence-corrected chi connectivity index (χ3v) is 21.6. The van der Waals surface area contributed by atoms with Crippen molar-refractivity contribution in [1.82, 2.24) is 0 Å². The van der Waals surface area contributed by atoms with Gasteiger partial charge in [-0.05, 0) is 102 Å². The van der Waals surface area contributed by atoms with Crippen LogP contribution in [0.3, 0.4) is 0 Å². The van der Waals surface area contributed by atoms with E-state index in [2.05, 4.69) is 101 Å². The quantitative estimate of drug-likeness (QED) is 0.0153. The van der Waals surface area contributed by atoms with Crippen LogP contribution in [-0.2, 0) is 47.4 Å². The predicted molar refractivity (Wildman–Crippen MR) is 286 cm³/mol. The van der Waals surface area contributed by atoms with Gasteiger partial charge in [0, 0.05) is 36.9 Å². The first kappa shape index (κ1) is 46.4. The standard InChI is InChI=1S/2C8H16O4Si.C6H14O5Si.2C6H12O4Si.C5H12O5Si.C4H10O5Si/c9-13(10,11)4-3-6-1-2-7-8(5-6)12-7;9-13(10,11)5-4-6-2-1-3-7-8(6)12-7;7-12(8,9)3-1-2-10-4-6-5-11-6;7-11(8,9)4-1-2-5-6(3-4)10-5;7-11(8,9)5-3-1-2-4-6(5)10-4;6-11(7,8)4-9-2-1-5-3-10-5;5-10(6,7)3-8-1-4-2-9-4/h2*6-11H,1-5H2;6-9H,1-5H2;2*4-9H,1-3H2;5-8H,1-4H2;4-7H,1-3H2/i2*9T,10T,11T;3*7T,8T,9T;6T,7T,8T;5T,6T,7T. The Balaban J connectivity index is 0.000000214. The van der Waals surface area contributed by atoms with Crippen molar-refractivity contribution in [3.05, 3.63) is 0 Å². The van der Waals surface area contributed by atoms with Gasteiger partial charge in [0.25, 0.3) is 0 Å². The topological polar surface area (TPSA) is 540 Å². The van der Waals surface area contributed by atoms with Crippen LogP contribution < -0.4 is 0 Å². The van der Waals surface area contributed by atoms with E-state index in [-0.39, 0.29) is 66.2 Å². The molecule has 7 saturated heterocycles. The summed E-state index contributed by atoms with van der Waals surface area (Å²) in [6.45, 7) is 3.91. The fraction of sp³-hybridized carbons (Fsp3) is 1.00. The molecule has 0 bridgehead atoms. The van der Waals surface area contributed by atoms with Crippen LogP contribution in [0.1, 0.15) is 103 Å². The van der Waals surface area contributed by atoms with Gasteiger partial charge in [-0.25, -0.2) is 0 Å². The first-order valence-electron chi connectivity index (χ1n) is 36.1. The molecule has 7 aliphatic heterocycles. The Morgan fingerprint density at radius 2 is 0.914 bits per heavy atom. The smallest absolute Gasteiger partial charge is 0.390 e. The van der Waals surface area contributed by atoms with Gasteiger partial charge in [-0.1, -0.05) is 12.8 Å². The first-order valence-corrected chi connectivity index (χ1v) is 40.8. The highest BCUT2D eigenvalue weighted by atomic mass is 28.4. The molecule has 81 heavy (non-hydrogen) atoms. The van der Waals surface area contributed by atoms with Crippen LogP contribution in [0.4, 0.5) is 0 Å². The van der Waals surface area contributed by atoms with E-state index in [9.17, 15) is 0 Å². The van der Waals surface area contributed by atoms with E-state index in [1.165, 1.54) is 0 Å². The lowest BCUT2D eigenvalue weighted by Gasteiger charge is -2.23. The molecule has 31 nitrogen and oxygen atoms in total. The van der Waals surface area contributed by atoms with E-state index in [1.54, 1.807) is 0 Å². The lowest BCUT2D eigenvalue weighted by molar-refractivity contribution is 0.0971. The number of rotatable bonds is 44. The summed E-state index contributed by atoms with van der Waals surface area (Å²) >= 11 is 0. The van der Waals surface area contributed by atoms with Gasteiger partial charge >= 0.3 is 61.6 Å². The van der Waals surface area contributed by atoms with Crippen molar-refractivity contribution in [1.29, 1.82) is 30.1 Å². The Morgan fingerprint density at radius 3 is 1.48 bits per heavy atom. The minimum atomic E-state index is -3.53. The van der Waals surface area contributed by atoms with Crippen LogP contribution in [0.15, 0.2) is 0 Å². The van der Waals surface area contributed by atoms with Crippen LogP contribution in [0.25, 0.3) is 0 Å². The zero-order valence-corrected chi connectivity index (χ0v) is 51.6. The lowest BCUT2D eigenvalue weighted by atomic mass is 9.87. The maximum absolute atomic E-state index is 6.87. The molecule has 7 heterocycles. The van der Waals surface area contributed by atoms with E-state index in [1.807, 2.05) is 0 Å². The van der Waals surface area contributed by atoms with E-state index >= 15 is 0 Å². The molecule has 11 rings (SSSR count). The van der Waals surface area contributed by atoms with Gasteiger partial charge in [-0.2, -0.15) is 0 Å². The second kappa shape index (κ2) is 32.1. The summed E-state index contributed by atoms with van der Waals surface area (Å²) in [5.41, 5.74) is -0.382. The van der Waals surface area contributed by atoms with Crippen LogP contribution in [0.5, 0.6) is 0 Å². The Labute approximate surface area is 508 Å². The number of epoxide rings is 7. The number of hydrogen-bond donors (Lipinski definition) is 21. The summed E-state index contributed by atoms with van der Waals surface area (Å²) in [4.78, 5) is 88.8. The number of hydrogen-bond acceptors (Lipinski definition) is 31. The van der Waals surface area contributed by atoms with Crippen molar-refractivity contribution >= 4 is 61.6 Å². The molecule has 4 aliphatic carbocycles. The van der Waals surface area contributed by atoms with Gasteiger partial charge in [0.05, 0.1) is 93.5 Å². The molecule has 15 atom stereocenters. The minimum Gasteiger partial charge on any atom is -0.390 e. The molecular weight excluding hydrogens is 1210 g/mol. The highest BCUT2D eigenvalue weighted by molar-refractivity contribution is 6.59. The molecule has 0 aromatic rings. The van der Waals surface area contributed by atoms with Crippen LogP contribution in [-0.4, -0.2) is 318 Å². The maximum atomic E-state index is 6.87. The summed E-state index contributed by atoms with van der Waals surface area (Å²) in [5.74, 6) is 0.946. The monoisotopic (exact) mass is 1340 g/mol. The molecule has 21 N–H and O–H groups in total. The fourth-order valence-electron chi connectivity index (χ4n) is 9.79. The first-order chi connectivity index (χ1) is 49.3. The molecular formula is C43H92O31Si7. The van der Waals surface area contributed by atoms with E-state index in [0.29, 0.717) is 100 Å². The lowest BCUT2D eigenvalue weighted by Crippen LogP contribution is -2.44. The molecule has 0 radical (unpaired) electrons. The molecule has 38 heteroatoms. The third kappa shape index (κ3) is 34.6. The van der Waals surface area contributed by atoms with Crippen molar-refractivity contribution in [2.45, 2.75) is 199 Å². The van der Waals surface area contributed by atoms with E-state index in [4.69, 9.17) is 77.4 Å². The maximum Gasteiger partial charge on any atom is 0.519 e. The highest BCUT2D eigenvalue weighted by Crippen LogP contribution is 2.47. The van der Waals surface area contributed by atoms with Gasteiger partial charge in [-0.3, -0.25) is 0 Å². The molecule has 11 aliphatic rings. The Morgan fingerprint density at radius 1 is 0.395 bits per heavy atom. The minimum absolute atomic E-state index is 0.0310. The Bertz CT molecular complexity index is 2170. The average molecular weight is 1340 g/mol. The molecule has 478 valence electrons. The SMILES string of the molecule is [3H]O[Si](CCC1CCC2OC2C1)(O[3H])O[3H].[3H]O[Si](CCC1CCCC2OC12)(O[3H])O[3H].[3H]O[Si](CCCOCC1CO1)(O[3H])O[3H].[3H]O[Si](COCC1CO1)(O[3H])O[3H].[3H]O[Si](COCCC1CO1)(O[3H])O[3H].[3H]O[Si](O[3H])(O[3H])C1CCC2OC2C1.[3H]O[Si](O[3H])(O[3H])C1CCCC2OC21. The second-order valence-corrected chi connectivity index (χ2v) is 35.1. The predicted octanol–water partition coefficient (Wildman–Crippen LogP) is -7.02.